The topological polar surface area (TPSA) is 47.6 Å². The van der Waals surface area contributed by atoms with E-state index < -0.39 is 0 Å². The molecule has 2 aromatic rings. The molecule has 23 heavy (non-hydrogen) atoms. The van der Waals surface area contributed by atoms with Crippen molar-refractivity contribution in [2.45, 2.75) is 18.4 Å². The smallest absolute Gasteiger partial charge is 0.251 e. The summed E-state index contributed by atoms with van der Waals surface area (Å²) < 4.78 is 10.6. The molecule has 0 radical (unpaired) electrons. The molecule has 1 aliphatic carbocycles. The van der Waals surface area contributed by atoms with Gasteiger partial charge in [-0.25, -0.2) is 0 Å². The molecular formula is C18H18ClNO3. The van der Waals surface area contributed by atoms with Crippen LogP contribution in [0, 0.1) is 0 Å². The number of carbonyl (C=O) groups excluding carboxylic acids is 1. The predicted molar refractivity (Wildman–Crippen MR) is 89.4 cm³/mol. The Hall–Kier alpha value is -2.20. The van der Waals surface area contributed by atoms with Crippen LogP contribution in [0.2, 0.25) is 5.02 Å². The fourth-order valence-electron chi connectivity index (χ4n) is 2.64. The molecule has 0 saturated heterocycles. The summed E-state index contributed by atoms with van der Waals surface area (Å²) in [5.74, 6) is 1.24. The van der Waals surface area contributed by atoms with Crippen molar-refractivity contribution in [3.63, 3.8) is 0 Å². The minimum atomic E-state index is -0.323. The fraction of sp³-hybridized carbons (Fsp3) is 0.278. The van der Waals surface area contributed by atoms with E-state index in [1.54, 1.807) is 38.5 Å². The highest BCUT2D eigenvalue weighted by Gasteiger charge is 2.46. The van der Waals surface area contributed by atoms with Gasteiger partial charge in [0, 0.05) is 10.6 Å². The largest absolute Gasteiger partial charge is 0.493 e. The highest BCUT2D eigenvalue weighted by molar-refractivity contribution is 6.30. The molecule has 1 fully saturated rings. The van der Waals surface area contributed by atoms with Gasteiger partial charge in [-0.1, -0.05) is 17.7 Å². The lowest BCUT2D eigenvalue weighted by Gasteiger charge is -2.19. The van der Waals surface area contributed by atoms with Gasteiger partial charge in [0.2, 0.25) is 0 Å². The van der Waals surface area contributed by atoms with E-state index in [0.717, 1.165) is 18.4 Å². The van der Waals surface area contributed by atoms with E-state index in [1.807, 2.05) is 18.2 Å². The summed E-state index contributed by atoms with van der Waals surface area (Å²) in [6.45, 7) is 0. The zero-order valence-electron chi connectivity index (χ0n) is 13.1. The molecule has 1 saturated carbocycles. The van der Waals surface area contributed by atoms with Crippen LogP contribution >= 0.6 is 11.6 Å². The van der Waals surface area contributed by atoms with Crippen LogP contribution in [0.1, 0.15) is 28.8 Å². The first-order chi connectivity index (χ1) is 11.1. The van der Waals surface area contributed by atoms with Crippen LogP contribution in [0.3, 0.4) is 0 Å². The number of nitrogens with one attached hydrogen (secondary N) is 1. The van der Waals surface area contributed by atoms with E-state index in [2.05, 4.69) is 5.32 Å². The maximum atomic E-state index is 12.5. The van der Waals surface area contributed by atoms with Gasteiger partial charge < -0.3 is 14.8 Å². The van der Waals surface area contributed by atoms with Crippen LogP contribution < -0.4 is 14.8 Å². The first-order valence-corrected chi connectivity index (χ1v) is 7.76. The lowest BCUT2D eigenvalue weighted by atomic mass is 10.0. The number of benzene rings is 2. The molecule has 1 aliphatic rings. The first-order valence-electron chi connectivity index (χ1n) is 7.38. The molecule has 3 rings (SSSR count). The number of amides is 1. The summed E-state index contributed by atoms with van der Waals surface area (Å²) in [5, 5.41) is 3.74. The second-order valence-electron chi connectivity index (χ2n) is 5.61. The molecule has 0 spiro atoms. The van der Waals surface area contributed by atoms with E-state index in [-0.39, 0.29) is 11.4 Å². The summed E-state index contributed by atoms with van der Waals surface area (Å²) in [6, 6.07) is 12.6. The molecular weight excluding hydrogens is 314 g/mol. The number of hydrogen-bond donors (Lipinski definition) is 1. The third kappa shape index (κ3) is 3.13. The number of rotatable bonds is 5. The molecule has 5 heteroatoms. The van der Waals surface area contributed by atoms with Crippen LogP contribution in [0.5, 0.6) is 11.5 Å². The van der Waals surface area contributed by atoms with E-state index in [4.69, 9.17) is 21.1 Å². The summed E-state index contributed by atoms with van der Waals surface area (Å²) in [4.78, 5) is 12.5. The Bertz CT molecular complexity index is 724. The molecule has 1 amide bonds. The molecule has 0 bridgehead atoms. The fourth-order valence-corrected chi connectivity index (χ4v) is 2.76. The minimum Gasteiger partial charge on any atom is -0.493 e. The summed E-state index contributed by atoms with van der Waals surface area (Å²) in [7, 11) is 3.21. The molecule has 0 aromatic heterocycles. The lowest BCUT2D eigenvalue weighted by Crippen LogP contribution is -2.34. The Labute approximate surface area is 140 Å². The van der Waals surface area contributed by atoms with Crippen molar-refractivity contribution in [3.8, 4) is 11.5 Å². The van der Waals surface area contributed by atoms with Gasteiger partial charge in [-0.3, -0.25) is 4.79 Å². The van der Waals surface area contributed by atoms with Crippen molar-refractivity contribution in [2.24, 2.45) is 0 Å². The van der Waals surface area contributed by atoms with Crippen molar-refractivity contribution in [3.05, 3.63) is 58.6 Å². The van der Waals surface area contributed by atoms with E-state index >= 15 is 0 Å². The van der Waals surface area contributed by atoms with Crippen LogP contribution in [0.4, 0.5) is 0 Å². The number of halogens is 1. The van der Waals surface area contributed by atoms with Gasteiger partial charge in [-0.2, -0.15) is 0 Å². The maximum absolute atomic E-state index is 12.5. The maximum Gasteiger partial charge on any atom is 0.251 e. The third-order valence-corrected chi connectivity index (χ3v) is 4.40. The normalized spacial score (nSPS) is 14.9. The second-order valence-corrected chi connectivity index (χ2v) is 6.05. The molecule has 0 unspecified atom stereocenters. The Morgan fingerprint density at radius 1 is 1.04 bits per heavy atom. The molecule has 1 N–H and O–H groups in total. The average molecular weight is 332 g/mol. The van der Waals surface area contributed by atoms with Gasteiger partial charge in [0.25, 0.3) is 5.91 Å². The Balaban J connectivity index is 1.82. The highest BCUT2D eigenvalue weighted by atomic mass is 35.5. The number of ether oxygens (including phenoxy) is 2. The SMILES string of the molecule is COc1ccc(C2(NC(=O)c3ccc(Cl)cc3)CC2)cc1OC. The summed E-state index contributed by atoms with van der Waals surface area (Å²) in [5.41, 5.74) is 1.30. The Kier molecular flexibility index (Phi) is 4.18. The van der Waals surface area contributed by atoms with Crippen molar-refractivity contribution in [1.82, 2.24) is 5.32 Å². The highest BCUT2D eigenvalue weighted by Crippen LogP contribution is 2.47. The van der Waals surface area contributed by atoms with Crippen LogP contribution in [0.25, 0.3) is 0 Å². The summed E-state index contributed by atoms with van der Waals surface area (Å²) in [6.07, 6.45) is 1.81. The number of methoxy groups -OCH3 is 2. The van der Waals surface area contributed by atoms with Gasteiger partial charge in [0.15, 0.2) is 11.5 Å². The summed E-state index contributed by atoms with van der Waals surface area (Å²) >= 11 is 5.86. The Morgan fingerprint density at radius 3 is 2.26 bits per heavy atom. The average Bonchev–Trinajstić information content (AvgIpc) is 3.35. The zero-order chi connectivity index (χ0) is 16.4. The number of hydrogen-bond acceptors (Lipinski definition) is 3. The third-order valence-electron chi connectivity index (χ3n) is 4.15. The molecule has 4 nitrogen and oxygen atoms in total. The van der Waals surface area contributed by atoms with Gasteiger partial charge >= 0.3 is 0 Å². The minimum absolute atomic E-state index is 0.103. The van der Waals surface area contributed by atoms with Crippen LogP contribution in [-0.4, -0.2) is 20.1 Å². The lowest BCUT2D eigenvalue weighted by molar-refractivity contribution is 0.0930. The molecule has 120 valence electrons. The molecule has 0 atom stereocenters. The van der Waals surface area contributed by atoms with Crippen LogP contribution in [-0.2, 0) is 5.54 Å². The van der Waals surface area contributed by atoms with E-state index in [0.29, 0.717) is 22.1 Å². The van der Waals surface area contributed by atoms with Crippen molar-refractivity contribution < 1.29 is 14.3 Å². The molecule has 0 aliphatic heterocycles. The van der Waals surface area contributed by atoms with Gasteiger partial charge in [0.05, 0.1) is 19.8 Å². The van der Waals surface area contributed by atoms with Gasteiger partial charge in [0.1, 0.15) is 0 Å². The van der Waals surface area contributed by atoms with Crippen LogP contribution in [0.15, 0.2) is 42.5 Å². The van der Waals surface area contributed by atoms with Gasteiger partial charge in [-0.05, 0) is 54.8 Å². The standard InChI is InChI=1S/C18H18ClNO3/c1-22-15-8-5-13(11-16(15)23-2)18(9-10-18)20-17(21)12-3-6-14(19)7-4-12/h3-8,11H,9-10H2,1-2H3,(H,20,21). The van der Waals surface area contributed by atoms with E-state index in [9.17, 15) is 4.79 Å². The first kappa shape index (κ1) is 15.7. The quantitative estimate of drug-likeness (QED) is 0.907. The zero-order valence-corrected chi connectivity index (χ0v) is 13.8. The van der Waals surface area contributed by atoms with Crippen molar-refractivity contribution >= 4 is 17.5 Å². The van der Waals surface area contributed by atoms with E-state index in [1.165, 1.54) is 0 Å². The second kappa shape index (κ2) is 6.13. The molecule has 0 heterocycles. The molecule has 2 aromatic carbocycles. The van der Waals surface area contributed by atoms with Crippen molar-refractivity contribution in [2.75, 3.05) is 14.2 Å². The van der Waals surface area contributed by atoms with Gasteiger partial charge in [-0.15, -0.1) is 0 Å². The number of carbonyl (C=O) groups is 1. The van der Waals surface area contributed by atoms with Crippen molar-refractivity contribution in [1.29, 1.82) is 0 Å². The predicted octanol–water partition coefficient (Wildman–Crippen LogP) is 3.78. The monoisotopic (exact) mass is 331 g/mol. The Morgan fingerprint density at radius 2 is 1.70 bits per heavy atom.